The Balaban J connectivity index is 2.79. The molecule has 0 heterocycles. The van der Waals surface area contributed by atoms with Crippen LogP contribution in [0, 0.1) is 0 Å². The molecule has 0 saturated heterocycles. The van der Waals surface area contributed by atoms with E-state index in [1.807, 2.05) is 0 Å². The van der Waals surface area contributed by atoms with E-state index in [1.165, 1.54) is 5.56 Å². The summed E-state index contributed by atoms with van der Waals surface area (Å²) in [7, 11) is 0. The number of hydrogen-bond donors (Lipinski definition) is 1. The fourth-order valence-electron chi connectivity index (χ4n) is 2.66. The van der Waals surface area contributed by atoms with Gasteiger partial charge in [-0.2, -0.15) is 0 Å². The molecule has 1 aromatic rings. The summed E-state index contributed by atoms with van der Waals surface area (Å²) < 4.78 is 0. The predicted molar refractivity (Wildman–Crippen MR) is 71.6 cm³/mol. The predicted octanol–water partition coefficient (Wildman–Crippen LogP) is 3.87. The van der Waals surface area contributed by atoms with Crippen LogP contribution in [0.5, 0.6) is 0 Å². The van der Waals surface area contributed by atoms with Crippen molar-refractivity contribution in [2.45, 2.75) is 57.9 Å². The maximum atomic E-state index is 6.35. The normalized spacial score (nSPS) is 15.8. The van der Waals surface area contributed by atoms with Gasteiger partial charge in [-0.25, -0.2) is 0 Å². The van der Waals surface area contributed by atoms with Crippen LogP contribution in [0.4, 0.5) is 0 Å². The van der Waals surface area contributed by atoms with Crippen LogP contribution in [0.3, 0.4) is 0 Å². The van der Waals surface area contributed by atoms with Gasteiger partial charge >= 0.3 is 0 Å². The Bertz CT molecular complexity index is 311. The third kappa shape index (κ3) is 3.64. The van der Waals surface area contributed by atoms with E-state index in [9.17, 15) is 0 Å². The second-order valence-corrected chi connectivity index (χ2v) is 5.83. The van der Waals surface area contributed by atoms with E-state index in [2.05, 4.69) is 58.0 Å². The second-order valence-electron chi connectivity index (χ2n) is 5.83. The van der Waals surface area contributed by atoms with Crippen LogP contribution in [0.2, 0.25) is 0 Å². The van der Waals surface area contributed by atoms with Gasteiger partial charge in [-0.3, -0.25) is 0 Å². The van der Waals surface area contributed by atoms with Crippen LogP contribution >= 0.6 is 0 Å². The quantitative estimate of drug-likeness (QED) is 0.799. The minimum Gasteiger partial charge on any atom is -0.325 e. The molecule has 1 heteroatoms. The second kappa shape index (κ2) is 5.01. The summed E-state index contributed by atoms with van der Waals surface area (Å²) in [5, 5.41) is 0. The molecule has 1 aromatic carbocycles. The third-order valence-electron chi connectivity index (χ3n) is 3.22. The number of nitrogens with two attached hydrogens (primary N) is 1. The van der Waals surface area contributed by atoms with Gasteiger partial charge in [-0.15, -0.1) is 0 Å². The van der Waals surface area contributed by atoms with Crippen LogP contribution < -0.4 is 5.73 Å². The van der Waals surface area contributed by atoms with Gasteiger partial charge in [-0.05, 0) is 30.7 Å². The van der Waals surface area contributed by atoms with Crippen molar-refractivity contribution in [3.63, 3.8) is 0 Å². The first-order chi connectivity index (χ1) is 7.37. The van der Waals surface area contributed by atoms with E-state index >= 15 is 0 Å². The highest BCUT2D eigenvalue weighted by atomic mass is 14.7. The first-order valence-electron chi connectivity index (χ1n) is 6.22. The molecule has 16 heavy (non-hydrogen) atoms. The molecule has 0 fully saturated rings. The highest BCUT2D eigenvalue weighted by Gasteiger charge is 2.29. The number of benzene rings is 1. The molecule has 0 bridgehead atoms. The molecule has 90 valence electrons. The Morgan fingerprint density at radius 1 is 1.06 bits per heavy atom. The standard InChI is InChI=1S/C15H25N/c1-5-11-15(4,16)12-14(2,3)13-9-7-6-8-10-13/h6-10H,5,11-12,16H2,1-4H3/t15-/m1/s1. The molecule has 1 rings (SSSR count). The van der Waals surface area contributed by atoms with Crippen LogP contribution in [0.25, 0.3) is 0 Å². The van der Waals surface area contributed by atoms with Gasteiger partial charge in [0.2, 0.25) is 0 Å². The molecule has 1 nitrogen and oxygen atoms in total. The smallest absolute Gasteiger partial charge is 0.0134 e. The van der Waals surface area contributed by atoms with E-state index in [0.717, 1.165) is 19.3 Å². The van der Waals surface area contributed by atoms with E-state index in [1.54, 1.807) is 0 Å². The van der Waals surface area contributed by atoms with Crippen molar-refractivity contribution in [3.05, 3.63) is 35.9 Å². The summed E-state index contributed by atoms with van der Waals surface area (Å²) in [6.45, 7) is 8.92. The fourth-order valence-corrected chi connectivity index (χ4v) is 2.66. The van der Waals surface area contributed by atoms with Crippen LogP contribution in [0.1, 0.15) is 52.5 Å². The van der Waals surface area contributed by atoms with Crippen LogP contribution in [0.15, 0.2) is 30.3 Å². The molecule has 0 spiro atoms. The maximum absolute atomic E-state index is 6.35. The minimum absolute atomic E-state index is 0.0614. The molecule has 0 saturated carbocycles. The minimum atomic E-state index is -0.0614. The maximum Gasteiger partial charge on any atom is 0.0134 e. The summed E-state index contributed by atoms with van der Waals surface area (Å²) in [5.74, 6) is 0. The highest BCUT2D eigenvalue weighted by molar-refractivity contribution is 5.24. The average Bonchev–Trinajstić information content (AvgIpc) is 2.17. The molecule has 0 aromatic heterocycles. The van der Waals surface area contributed by atoms with Crippen molar-refractivity contribution in [2.75, 3.05) is 0 Å². The van der Waals surface area contributed by atoms with E-state index in [-0.39, 0.29) is 11.0 Å². The SMILES string of the molecule is CCC[C@@](C)(N)CC(C)(C)c1ccccc1. The van der Waals surface area contributed by atoms with E-state index < -0.39 is 0 Å². The molecular formula is C15H25N. The molecule has 0 aliphatic rings. The average molecular weight is 219 g/mol. The lowest BCUT2D eigenvalue weighted by atomic mass is 9.73. The van der Waals surface area contributed by atoms with E-state index in [0.29, 0.717) is 0 Å². The van der Waals surface area contributed by atoms with Gasteiger partial charge < -0.3 is 5.73 Å². The molecule has 0 unspecified atom stereocenters. The highest BCUT2D eigenvalue weighted by Crippen LogP contribution is 2.32. The van der Waals surface area contributed by atoms with Crippen LogP contribution in [-0.2, 0) is 5.41 Å². The van der Waals surface area contributed by atoms with Crippen molar-refractivity contribution < 1.29 is 0 Å². The van der Waals surface area contributed by atoms with Crippen molar-refractivity contribution in [1.29, 1.82) is 0 Å². The molecule has 0 aliphatic heterocycles. The zero-order chi connectivity index (χ0) is 12.2. The summed E-state index contributed by atoms with van der Waals surface area (Å²) >= 11 is 0. The number of rotatable bonds is 5. The molecule has 2 N–H and O–H groups in total. The Morgan fingerprint density at radius 2 is 1.62 bits per heavy atom. The third-order valence-corrected chi connectivity index (χ3v) is 3.22. The molecule has 0 aliphatic carbocycles. The summed E-state index contributed by atoms with van der Waals surface area (Å²) in [6.07, 6.45) is 3.26. The molecule has 1 atom stereocenters. The number of hydrogen-bond acceptors (Lipinski definition) is 1. The molecule has 0 radical (unpaired) electrons. The fraction of sp³-hybridized carbons (Fsp3) is 0.600. The van der Waals surface area contributed by atoms with Gasteiger partial charge in [-0.1, -0.05) is 57.5 Å². The monoisotopic (exact) mass is 219 g/mol. The van der Waals surface area contributed by atoms with Gasteiger partial charge in [0, 0.05) is 5.54 Å². The zero-order valence-electron chi connectivity index (χ0n) is 11.1. The largest absolute Gasteiger partial charge is 0.325 e. The molecular weight excluding hydrogens is 194 g/mol. The topological polar surface area (TPSA) is 26.0 Å². The lowest BCUT2D eigenvalue weighted by Crippen LogP contribution is -2.42. The summed E-state index contributed by atoms with van der Waals surface area (Å²) in [5.41, 5.74) is 7.82. The van der Waals surface area contributed by atoms with Crippen molar-refractivity contribution >= 4 is 0 Å². The Hall–Kier alpha value is -0.820. The summed E-state index contributed by atoms with van der Waals surface area (Å²) in [4.78, 5) is 0. The molecule has 0 amide bonds. The van der Waals surface area contributed by atoms with Crippen molar-refractivity contribution in [3.8, 4) is 0 Å². The van der Waals surface area contributed by atoms with Crippen molar-refractivity contribution in [1.82, 2.24) is 0 Å². The first kappa shape index (κ1) is 13.2. The Kier molecular flexibility index (Phi) is 4.15. The lowest BCUT2D eigenvalue weighted by Gasteiger charge is -2.35. The zero-order valence-corrected chi connectivity index (χ0v) is 11.1. The van der Waals surface area contributed by atoms with Gasteiger partial charge in [0.05, 0.1) is 0 Å². The lowest BCUT2D eigenvalue weighted by molar-refractivity contribution is 0.308. The first-order valence-corrected chi connectivity index (χ1v) is 6.22. The Labute approximate surface area is 100 Å². The van der Waals surface area contributed by atoms with Gasteiger partial charge in [0.1, 0.15) is 0 Å². The summed E-state index contributed by atoms with van der Waals surface area (Å²) in [6, 6.07) is 10.7. The van der Waals surface area contributed by atoms with E-state index in [4.69, 9.17) is 5.73 Å². The van der Waals surface area contributed by atoms with Gasteiger partial charge in [0.15, 0.2) is 0 Å². The van der Waals surface area contributed by atoms with Crippen molar-refractivity contribution in [2.24, 2.45) is 5.73 Å². The Morgan fingerprint density at radius 3 is 2.12 bits per heavy atom. The van der Waals surface area contributed by atoms with Gasteiger partial charge in [0.25, 0.3) is 0 Å². The van der Waals surface area contributed by atoms with Crippen LogP contribution in [-0.4, -0.2) is 5.54 Å².